The Hall–Kier alpha value is -1.84. The van der Waals surface area contributed by atoms with Crippen molar-refractivity contribution in [2.24, 2.45) is 5.92 Å². The molecule has 2 atom stereocenters. The Kier molecular flexibility index (Phi) is 7.12. The van der Waals surface area contributed by atoms with E-state index in [9.17, 15) is 4.79 Å². The predicted octanol–water partition coefficient (Wildman–Crippen LogP) is 5.58. The third kappa shape index (κ3) is 4.73. The quantitative estimate of drug-likeness (QED) is 0.625. The summed E-state index contributed by atoms with van der Waals surface area (Å²) in [6.07, 6.45) is 5.51. The number of rotatable bonds is 5. The summed E-state index contributed by atoms with van der Waals surface area (Å²) in [5, 5.41) is 0.777. The minimum absolute atomic E-state index is 0.0986. The molecular formula is C26H33ClN2O. The van der Waals surface area contributed by atoms with E-state index >= 15 is 0 Å². The minimum atomic E-state index is 0.0986. The van der Waals surface area contributed by atoms with E-state index in [-0.39, 0.29) is 6.04 Å². The second kappa shape index (κ2) is 9.98. The van der Waals surface area contributed by atoms with Gasteiger partial charge in [-0.05, 0) is 68.0 Å². The molecule has 4 rings (SSSR count). The molecule has 2 aliphatic rings. The Morgan fingerprint density at radius 2 is 1.60 bits per heavy atom. The summed E-state index contributed by atoms with van der Waals surface area (Å²) in [5.74, 6) is 1.24. The normalized spacial score (nSPS) is 22.1. The van der Waals surface area contributed by atoms with Gasteiger partial charge in [0.05, 0.1) is 6.04 Å². The number of hydrogen-bond acceptors (Lipinski definition) is 2. The summed E-state index contributed by atoms with van der Waals surface area (Å²) >= 11 is 6.15. The Balaban J connectivity index is 1.47. The van der Waals surface area contributed by atoms with Crippen molar-refractivity contribution in [3.63, 3.8) is 0 Å². The lowest BCUT2D eigenvalue weighted by Gasteiger charge is -2.41. The summed E-state index contributed by atoms with van der Waals surface area (Å²) in [6, 6.07) is 19.2. The zero-order valence-electron chi connectivity index (χ0n) is 18.0. The van der Waals surface area contributed by atoms with Crippen molar-refractivity contribution < 1.29 is 4.79 Å². The van der Waals surface area contributed by atoms with Gasteiger partial charge in [-0.2, -0.15) is 0 Å². The maximum atomic E-state index is 13.2. The summed E-state index contributed by atoms with van der Waals surface area (Å²) in [5.41, 5.74) is 2.67. The monoisotopic (exact) mass is 424 g/mol. The van der Waals surface area contributed by atoms with Gasteiger partial charge in [-0.1, -0.05) is 67.4 Å². The van der Waals surface area contributed by atoms with Crippen LogP contribution in [0, 0.1) is 5.92 Å². The Labute approximate surface area is 186 Å². The molecule has 2 aliphatic heterocycles. The number of halogens is 1. The van der Waals surface area contributed by atoms with Crippen LogP contribution in [0.2, 0.25) is 5.02 Å². The van der Waals surface area contributed by atoms with Crippen LogP contribution in [0.3, 0.4) is 0 Å². The van der Waals surface area contributed by atoms with Crippen LogP contribution in [0.25, 0.3) is 0 Å². The van der Waals surface area contributed by atoms with Crippen molar-refractivity contribution in [2.75, 3.05) is 26.2 Å². The number of likely N-dealkylation sites (tertiary alicyclic amines) is 2. The molecule has 0 bridgehead atoms. The Bertz CT molecular complexity index is 815. The lowest BCUT2D eigenvalue weighted by molar-refractivity contribution is -0.139. The van der Waals surface area contributed by atoms with Crippen LogP contribution in [0.15, 0.2) is 54.6 Å². The minimum Gasteiger partial charge on any atom is -0.341 e. The lowest BCUT2D eigenvalue weighted by atomic mass is 9.76. The van der Waals surface area contributed by atoms with E-state index in [0.717, 1.165) is 50.5 Å². The van der Waals surface area contributed by atoms with Crippen LogP contribution in [-0.2, 0) is 4.79 Å². The van der Waals surface area contributed by atoms with E-state index in [4.69, 9.17) is 11.6 Å². The molecule has 2 fully saturated rings. The third-order valence-corrected chi connectivity index (χ3v) is 7.27. The van der Waals surface area contributed by atoms with E-state index in [0.29, 0.717) is 17.7 Å². The molecule has 0 aromatic heterocycles. The fourth-order valence-corrected chi connectivity index (χ4v) is 5.51. The molecule has 1 amide bonds. The highest BCUT2D eigenvalue weighted by Gasteiger charge is 2.35. The number of carbonyl (C=O) groups is 1. The van der Waals surface area contributed by atoms with Gasteiger partial charge in [-0.15, -0.1) is 0 Å². The average Bonchev–Trinajstić information content (AvgIpc) is 2.81. The number of carbonyl (C=O) groups excluding carboxylic acids is 1. The van der Waals surface area contributed by atoms with Gasteiger partial charge in [-0.25, -0.2) is 0 Å². The van der Waals surface area contributed by atoms with Crippen LogP contribution in [0.5, 0.6) is 0 Å². The van der Waals surface area contributed by atoms with Gasteiger partial charge in [0.2, 0.25) is 5.91 Å². The van der Waals surface area contributed by atoms with E-state index in [1.807, 2.05) is 12.1 Å². The largest absolute Gasteiger partial charge is 0.341 e. The molecule has 0 radical (unpaired) electrons. The van der Waals surface area contributed by atoms with Crippen molar-refractivity contribution in [3.8, 4) is 0 Å². The highest BCUT2D eigenvalue weighted by Crippen LogP contribution is 2.38. The van der Waals surface area contributed by atoms with Gasteiger partial charge in [0.15, 0.2) is 0 Å². The van der Waals surface area contributed by atoms with Gasteiger partial charge in [0, 0.05) is 24.0 Å². The molecule has 2 heterocycles. The summed E-state index contributed by atoms with van der Waals surface area (Å²) in [7, 11) is 0. The maximum Gasteiger partial charge on any atom is 0.239 e. The van der Waals surface area contributed by atoms with Crippen LogP contribution in [0.1, 0.15) is 56.1 Å². The fourth-order valence-electron chi connectivity index (χ4n) is 5.38. The van der Waals surface area contributed by atoms with Gasteiger partial charge in [0.1, 0.15) is 0 Å². The summed E-state index contributed by atoms with van der Waals surface area (Å²) in [4.78, 5) is 17.8. The molecule has 3 nitrogen and oxygen atoms in total. The topological polar surface area (TPSA) is 23.6 Å². The first kappa shape index (κ1) is 21.4. The van der Waals surface area contributed by atoms with E-state index in [1.54, 1.807) is 0 Å². The zero-order chi connectivity index (χ0) is 20.9. The number of benzene rings is 2. The van der Waals surface area contributed by atoms with Crippen molar-refractivity contribution in [2.45, 2.75) is 51.0 Å². The van der Waals surface area contributed by atoms with Gasteiger partial charge in [-0.3, -0.25) is 9.69 Å². The number of amides is 1. The van der Waals surface area contributed by atoms with Gasteiger partial charge < -0.3 is 4.90 Å². The molecule has 30 heavy (non-hydrogen) atoms. The van der Waals surface area contributed by atoms with E-state index in [2.05, 4.69) is 59.2 Å². The second-order valence-electron chi connectivity index (χ2n) is 8.74. The number of hydrogen-bond donors (Lipinski definition) is 0. The zero-order valence-corrected chi connectivity index (χ0v) is 18.7. The van der Waals surface area contributed by atoms with Crippen LogP contribution in [0.4, 0.5) is 0 Å². The van der Waals surface area contributed by atoms with Crippen molar-refractivity contribution in [1.29, 1.82) is 0 Å². The second-order valence-corrected chi connectivity index (χ2v) is 9.18. The van der Waals surface area contributed by atoms with Crippen LogP contribution >= 0.6 is 11.6 Å². The van der Waals surface area contributed by atoms with Crippen molar-refractivity contribution >= 4 is 17.5 Å². The van der Waals surface area contributed by atoms with E-state index < -0.39 is 0 Å². The molecule has 0 spiro atoms. The predicted molar refractivity (Wildman–Crippen MR) is 124 cm³/mol. The molecule has 2 aromatic carbocycles. The van der Waals surface area contributed by atoms with Gasteiger partial charge in [0.25, 0.3) is 0 Å². The van der Waals surface area contributed by atoms with Crippen molar-refractivity contribution in [3.05, 3.63) is 70.7 Å². The highest BCUT2D eigenvalue weighted by atomic mass is 35.5. The third-order valence-electron chi connectivity index (χ3n) is 7.02. The number of likely N-dealkylation sites (N-methyl/N-ethyl adjacent to an activating group) is 1. The summed E-state index contributed by atoms with van der Waals surface area (Å²) in [6.45, 7) is 5.95. The first-order chi connectivity index (χ1) is 14.7. The molecule has 160 valence electrons. The molecular weight excluding hydrogens is 392 g/mol. The fraction of sp³-hybridized carbons (Fsp3) is 0.500. The molecule has 0 N–H and O–H groups in total. The van der Waals surface area contributed by atoms with Crippen LogP contribution in [-0.4, -0.2) is 47.9 Å². The molecule has 2 aromatic rings. The Morgan fingerprint density at radius 1 is 0.933 bits per heavy atom. The standard InChI is InChI=1S/C26H33ClN2O/c1-2-28-17-7-6-10-24(28)26(30)29-18-15-22(16-19-29)25(20-8-4-3-5-9-20)21-11-13-23(27)14-12-21/h3-5,8-9,11-14,22,24-25H,2,6-7,10,15-19H2,1H3/t24-,25?/m0/s1. The summed E-state index contributed by atoms with van der Waals surface area (Å²) < 4.78 is 0. The lowest BCUT2D eigenvalue weighted by Crippen LogP contribution is -2.52. The maximum absolute atomic E-state index is 13.2. The van der Waals surface area contributed by atoms with Gasteiger partial charge >= 0.3 is 0 Å². The number of nitrogens with zero attached hydrogens (tertiary/aromatic N) is 2. The first-order valence-electron chi connectivity index (χ1n) is 11.5. The van der Waals surface area contributed by atoms with Crippen LogP contribution < -0.4 is 0 Å². The SMILES string of the molecule is CCN1CCCC[C@H]1C(=O)N1CCC(C(c2ccccc2)c2ccc(Cl)cc2)CC1. The highest BCUT2D eigenvalue weighted by molar-refractivity contribution is 6.30. The molecule has 2 saturated heterocycles. The Morgan fingerprint density at radius 3 is 2.27 bits per heavy atom. The first-order valence-corrected chi connectivity index (χ1v) is 11.9. The smallest absolute Gasteiger partial charge is 0.239 e. The molecule has 4 heteroatoms. The molecule has 0 aliphatic carbocycles. The molecule has 0 saturated carbocycles. The number of piperidine rings is 2. The molecule has 1 unspecified atom stereocenters. The average molecular weight is 425 g/mol. The van der Waals surface area contributed by atoms with Crippen molar-refractivity contribution in [1.82, 2.24) is 9.80 Å². The van der Waals surface area contributed by atoms with E-state index in [1.165, 1.54) is 24.0 Å².